The lowest BCUT2D eigenvalue weighted by Gasteiger charge is -2.30. The molecule has 4 aromatic rings. The Kier molecular flexibility index (Phi) is 6.86. The number of nitro groups is 2. The van der Waals surface area contributed by atoms with Crippen molar-refractivity contribution in [2.75, 3.05) is 4.90 Å². The van der Waals surface area contributed by atoms with Crippen molar-refractivity contribution in [1.29, 1.82) is 0 Å². The molecule has 1 saturated heterocycles. The SMILES string of the molecule is Cc1cccc(COc2ccc([N+](=O)[O-])cc2[C@@H]2c3sc(=O)[nH]c3S[C@H]3C(=O)N(c4ccc([N+](=O)[O-])cc4)C(=O)[C@@H]23)c1. The van der Waals surface area contributed by atoms with E-state index >= 15 is 0 Å². The van der Waals surface area contributed by atoms with E-state index in [1.54, 1.807) is 0 Å². The van der Waals surface area contributed by atoms with Crippen LogP contribution in [0.5, 0.6) is 5.75 Å². The first kappa shape index (κ1) is 27.4. The fraction of sp³-hybridized carbons (Fsp3) is 0.179. The Balaban J connectivity index is 1.46. The van der Waals surface area contributed by atoms with E-state index in [4.69, 9.17) is 4.74 Å². The summed E-state index contributed by atoms with van der Waals surface area (Å²) in [6.45, 7) is 2.08. The van der Waals surface area contributed by atoms with Crippen LogP contribution in [-0.2, 0) is 16.2 Å². The van der Waals surface area contributed by atoms with E-state index in [0.29, 0.717) is 15.5 Å². The third-order valence-corrected chi connectivity index (χ3v) is 9.56. The monoisotopic (exact) mass is 604 g/mol. The van der Waals surface area contributed by atoms with Crippen molar-refractivity contribution < 1.29 is 24.2 Å². The van der Waals surface area contributed by atoms with E-state index in [0.717, 1.165) is 39.1 Å². The Morgan fingerprint density at radius 3 is 2.33 bits per heavy atom. The molecule has 1 aromatic heterocycles. The average molecular weight is 605 g/mol. The number of H-pyrrole nitrogens is 1. The zero-order chi connectivity index (χ0) is 29.7. The summed E-state index contributed by atoms with van der Waals surface area (Å²) < 4.78 is 6.16. The molecule has 3 aromatic carbocycles. The fourth-order valence-corrected chi connectivity index (χ4v) is 7.82. The van der Waals surface area contributed by atoms with Crippen LogP contribution in [0.25, 0.3) is 0 Å². The summed E-state index contributed by atoms with van der Waals surface area (Å²) in [6, 6.07) is 16.8. The quantitative estimate of drug-likeness (QED) is 0.175. The van der Waals surface area contributed by atoms with E-state index in [-0.39, 0.29) is 29.4 Å². The summed E-state index contributed by atoms with van der Waals surface area (Å²) in [5.41, 5.74) is 1.91. The molecule has 0 spiro atoms. The van der Waals surface area contributed by atoms with Crippen LogP contribution in [0.2, 0.25) is 0 Å². The number of aromatic amines is 1. The normalized spacial score (nSPS) is 19.4. The van der Waals surface area contributed by atoms with Crippen LogP contribution in [0.3, 0.4) is 0 Å². The number of aromatic nitrogens is 1. The summed E-state index contributed by atoms with van der Waals surface area (Å²) in [5, 5.41) is 22.4. The number of hydrogen-bond donors (Lipinski definition) is 1. The topological polar surface area (TPSA) is 166 Å². The zero-order valence-corrected chi connectivity index (χ0v) is 23.3. The molecular formula is C28H20N4O8S2. The fourth-order valence-electron chi connectivity index (χ4n) is 5.32. The minimum Gasteiger partial charge on any atom is -0.489 e. The van der Waals surface area contributed by atoms with E-state index in [1.807, 2.05) is 31.2 Å². The van der Waals surface area contributed by atoms with Crippen molar-refractivity contribution in [3.05, 3.63) is 118 Å². The van der Waals surface area contributed by atoms with Crippen molar-refractivity contribution in [1.82, 2.24) is 4.98 Å². The maximum Gasteiger partial charge on any atom is 0.305 e. The van der Waals surface area contributed by atoms with Gasteiger partial charge in [-0.2, -0.15) is 0 Å². The lowest BCUT2D eigenvalue weighted by Crippen LogP contribution is -2.32. The molecule has 0 saturated carbocycles. The van der Waals surface area contributed by atoms with E-state index in [2.05, 4.69) is 4.98 Å². The Morgan fingerprint density at radius 2 is 1.64 bits per heavy atom. The molecule has 212 valence electrons. The van der Waals surface area contributed by atoms with Gasteiger partial charge in [0, 0.05) is 40.6 Å². The largest absolute Gasteiger partial charge is 0.489 e. The number of rotatable bonds is 7. The molecule has 2 aliphatic heterocycles. The van der Waals surface area contributed by atoms with Crippen LogP contribution in [0.15, 0.2) is 76.6 Å². The molecular weight excluding hydrogens is 584 g/mol. The highest BCUT2D eigenvalue weighted by Gasteiger charge is 2.57. The Labute approximate surface area is 245 Å². The number of amides is 2. The van der Waals surface area contributed by atoms with Crippen LogP contribution < -0.4 is 14.5 Å². The highest BCUT2D eigenvalue weighted by Crippen LogP contribution is 2.55. The van der Waals surface area contributed by atoms with Crippen molar-refractivity contribution >= 4 is 52.0 Å². The standard InChI is InChI=1S/C28H20N4O8S2/c1-14-3-2-4-15(11-14)13-40-20-10-9-18(32(38)39)12-19(20)21-22-24(41-25-23(21)42-28(35)29-25)27(34)30(26(22)33)16-5-7-17(8-6-16)31(36)37/h2-12,21-22,24H,13H2,1H3,(H,29,35)/t21-,22-,24+/m0/s1. The summed E-state index contributed by atoms with van der Waals surface area (Å²) in [4.78, 5) is 65.7. The van der Waals surface area contributed by atoms with Gasteiger partial charge in [0.05, 0.1) is 26.5 Å². The van der Waals surface area contributed by atoms with Crippen LogP contribution in [0.1, 0.15) is 27.5 Å². The number of nitrogens with zero attached hydrogens (tertiary/aromatic N) is 3. The number of aryl methyl sites for hydroxylation is 1. The van der Waals surface area contributed by atoms with Gasteiger partial charge in [0.1, 0.15) is 17.6 Å². The van der Waals surface area contributed by atoms with Gasteiger partial charge in [-0.1, -0.05) is 52.9 Å². The summed E-state index contributed by atoms with van der Waals surface area (Å²) in [5.74, 6) is -2.81. The molecule has 2 amide bonds. The van der Waals surface area contributed by atoms with Crippen molar-refractivity contribution in [3.63, 3.8) is 0 Å². The lowest BCUT2D eigenvalue weighted by atomic mass is 9.82. The van der Waals surface area contributed by atoms with Crippen molar-refractivity contribution in [2.24, 2.45) is 5.92 Å². The molecule has 1 N–H and O–H groups in total. The number of imide groups is 1. The zero-order valence-electron chi connectivity index (χ0n) is 21.7. The average Bonchev–Trinajstić information content (AvgIpc) is 3.46. The minimum atomic E-state index is -1.03. The predicted octanol–water partition coefficient (Wildman–Crippen LogP) is 4.94. The minimum absolute atomic E-state index is 0.139. The van der Waals surface area contributed by atoms with Crippen molar-refractivity contribution in [2.45, 2.75) is 29.7 Å². The third-order valence-electron chi connectivity index (χ3n) is 7.16. The number of carbonyl (C=O) groups excluding carboxylic acids is 2. The molecule has 1 fully saturated rings. The summed E-state index contributed by atoms with van der Waals surface area (Å²) in [7, 11) is 0. The van der Waals surface area contributed by atoms with Gasteiger partial charge in [0.25, 0.3) is 11.4 Å². The van der Waals surface area contributed by atoms with Gasteiger partial charge in [-0.15, -0.1) is 0 Å². The Morgan fingerprint density at radius 1 is 0.929 bits per heavy atom. The maximum absolute atomic E-state index is 14.0. The lowest BCUT2D eigenvalue weighted by molar-refractivity contribution is -0.385. The number of nitrogens with one attached hydrogen (secondary N) is 1. The number of carbonyl (C=O) groups is 2. The molecule has 0 unspecified atom stereocenters. The second kappa shape index (κ2) is 10.5. The molecule has 0 aliphatic carbocycles. The highest BCUT2D eigenvalue weighted by atomic mass is 32.2. The number of thioether (sulfide) groups is 1. The van der Waals surface area contributed by atoms with E-state index < -0.39 is 43.6 Å². The number of benzene rings is 3. The predicted molar refractivity (Wildman–Crippen MR) is 154 cm³/mol. The number of non-ortho nitro benzene ring substituents is 2. The molecule has 14 heteroatoms. The van der Waals surface area contributed by atoms with Gasteiger partial charge in [-0.25, -0.2) is 4.90 Å². The number of ether oxygens (including phenoxy) is 1. The van der Waals surface area contributed by atoms with Gasteiger partial charge >= 0.3 is 4.87 Å². The Hall–Kier alpha value is -4.82. The van der Waals surface area contributed by atoms with Gasteiger partial charge < -0.3 is 9.72 Å². The molecule has 6 rings (SSSR count). The van der Waals surface area contributed by atoms with E-state index in [1.165, 1.54) is 42.5 Å². The maximum atomic E-state index is 14.0. The molecule has 42 heavy (non-hydrogen) atoms. The van der Waals surface area contributed by atoms with Crippen LogP contribution >= 0.6 is 23.1 Å². The molecule has 3 heterocycles. The number of fused-ring (bicyclic) bond motifs is 2. The Bertz CT molecular complexity index is 1830. The summed E-state index contributed by atoms with van der Waals surface area (Å²) >= 11 is 1.93. The van der Waals surface area contributed by atoms with Gasteiger partial charge in [-0.05, 0) is 30.7 Å². The highest BCUT2D eigenvalue weighted by molar-refractivity contribution is 8.00. The number of nitro benzene ring substituents is 2. The van der Waals surface area contributed by atoms with Gasteiger partial charge in [0.15, 0.2) is 0 Å². The molecule has 0 radical (unpaired) electrons. The number of anilines is 1. The first-order valence-corrected chi connectivity index (χ1v) is 14.3. The molecule has 0 bridgehead atoms. The van der Waals surface area contributed by atoms with Crippen LogP contribution in [-0.4, -0.2) is 31.9 Å². The molecule has 12 nitrogen and oxygen atoms in total. The third kappa shape index (κ3) is 4.73. The second-order valence-electron chi connectivity index (χ2n) is 9.79. The molecule has 3 atom stereocenters. The van der Waals surface area contributed by atoms with Crippen LogP contribution in [0.4, 0.5) is 17.1 Å². The van der Waals surface area contributed by atoms with Gasteiger partial charge in [0.2, 0.25) is 11.8 Å². The smallest absolute Gasteiger partial charge is 0.305 e. The summed E-state index contributed by atoms with van der Waals surface area (Å²) in [6.07, 6.45) is 0. The molecule has 2 aliphatic rings. The number of hydrogen-bond acceptors (Lipinski definition) is 10. The van der Waals surface area contributed by atoms with Crippen molar-refractivity contribution in [3.8, 4) is 5.75 Å². The number of thiazole rings is 1. The first-order valence-electron chi connectivity index (χ1n) is 12.6. The van der Waals surface area contributed by atoms with Crippen LogP contribution in [0, 0.1) is 33.1 Å². The first-order chi connectivity index (χ1) is 20.1. The van der Waals surface area contributed by atoms with Gasteiger partial charge in [-0.3, -0.25) is 34.6 Å². The second-order valence-corrected chi connectivity index (χ2v) is 12.0. The van der Waals surface area contributed by atoms with E-state index in [9.17, 15) is 34.6 Å².